The van der Waals surface area contributed by atoms with Gasteiger partial charge < -0.3 is 19.5 Å². The molecule has 0 unspecified atom stereocenters. The number of furan rings is 1. The summed E-state index contributed by atoms with van der Waals surface area (Å²) in [4.78, 5) is 13.1. The molecule has 0 aromatic carbocycles. The molecule has 0 aliphatic carbocycles. The molecule has 1 saturated heterocycles. The fourth-order valence-electron chi connectivity index (χ4n) is 1.63. The van der Waals surface area contributed by atoms with Crippen LogP contribution in [0.4, 0.5) is 0 Å². The van der Waals surface area contributed by atoms with Gasteiger partial charge in [0.1, 0.15) is 5.76 Å². The van der Waals surface area contributed by atoms with Gasteiger partial charge in [-0.15, -0.1) is 0 Å². The highest BCUT2D eigenvalue weighted by atomic mass is 79.9. The molecule has 0 radical (unpaired) electrons. The molecule has 92 valence electrons. The van der Waals surface area contributed by atoms with Crippen LogP contribution in [0.2, 0.25) is 0 Å². The van der Waals surface area contributed by atoms with Crippen molar-refractivity contribution in [2.24, 2.45) is 0 Å². The van der Waals surface area contributed by atoms with E-state index in [-0.39, 0.29) is 19.0 Å². The molecule has 2 heterocycles. The quantitative estimate of drug-likeness (QED) is 0.786. The summed E-state index contributed by atoms with van der Waals surface area (Å²) in [7, 11) is 0. The minimum atomic E-state index is -0.856. The second-order valence-corrected chi connectivity index (χ2v) is 4.63. The molecule has 0 bridgehead atoms. The van der Waals surface area contributed by atoms with Crippen LogP contribution in [0.1, 0.15) is 5.76 Å². The van der Waals surface area contributed by atoms with Crippen molar-refractivity contribution in [3.8, 4) is 0 Å². The summed E-state index contributed by atoms with van der Waals surface area (Å²) in [5, 5.41) is 18.6. The first kappa shape index (κ1) is 12.3. The maximum absolute atomic E-state index is 11.7. The SMILES string of the molecule is O=C(C=Cc1ccc(Br)o1)N1C[C@@H](O)[C@@H](O)C1. The van der Waals surface area contributed by atoms with E-state index in [9.17, 15) is 15.0 Å². The number of hydrogen-bond donors (Lipinski definition) is 2. The number of rotatable bonds is 2. The number of carbonyl (C=O) groups excluding carboxylic acids is 1. The highest BCUT2D eigenvalue weighted by Crippen LogP contribution is 2.16. The van der Waals surface area contributed by atoms with Gasteiger partial charge >= 0.3 is 0 Å². The van der Waals surface area contributed by atoms with Crippen LogP contribution in [0.5, 0.6) is 0 Å². The molecular formula is C11H12BrNO4. The Hall–Kier alpha value is -1.11. The van der Waals surface area contributed by atoms with Gasteiger partial charge in [0.2, 0.25) is 5.91 Å². The minimum absolute atomic E-state index is 0.159. The molecule has 1 aromatic heterocycles. The van der Waals surface area contributed by atoms with Crippen LogP contribution in [-0.2, 0) is 4.79 Å². The van der Waals surface area contributed by atoms with E-state index in [1.165, 1.54) is 11.0 Å². The summed E-state index contributed by atoms with van der Waals surface area (Å²) in [5.74, 6) is 0.304. The van der Waals surface area contributed by atoms with E-state index in [1.807, 2.05) is 0 Å². The van der Waals surface area contributed by atoms with Crippen molar-refractivity contribution in [3.05, 3.63) is 28.6 Å². The summed E-state index contributed by atoms with van der Waals surface area (Å²) in [6.07, 6.45) is 1.19. The molecule has 1 aromatic rings. The van der Waals surface area contributed by atoms with E-state index in [0.717, 1.165) is 0 Å². The summed E-state index contributed by atoms with van der Waals surface area (Å²) in [6.45, 7) is 0.318. The van der Waals surface area contributed by atoms with Crippen LogP contribution in [0.3, 0.4) is 0 Å². The molecule has 0 saturated carbocycles. The van der Waals surface area contributed by atoms with Gasteiger partial charge in [0.05, 0.1) is 12.2 Å². The fourth-order valence-corrected chi connectivity index (χ4v) is 1.95. The van der Waals surface area contributed by atoms with Crippen molar-refractivity contribution in [2.75, 3.05) is 13.1 Å². The van der Waals surface area contributed by atoms with E-state index in [4.69, 9.17) is 4.42 Å². The molecule has 17 heavy (non-hydrogen) atoms. The lowest BCUT2D eigenvalue weighted by Gasteiger charge is -2.11. The summed E-state index contributed by atoms with van der Waals surface area (Å²) in [5.41, 5.74) is 0. The van der Waals surface area contributed by atoms with Gasteiger partial charge in [-0.2, -0.15) is 0 Å². The van der Waals surface area contributed by atoms with E-state index in [2.05, 4.69) is 15.9 Å². The number of halogens is 1. The van der Waals surface area contributed by atoms with Gasteiger partial charge in [0.15, 0.2) is 4.67 Å². The molecule has 2 N–H and O–H groups in total. The first-order chi connectivity index (χ1) is 8.06. The Kier molecular flexibility index (Phi) is 3.66. The maximum Gasteiger partial charge on any atom is 0.246 e. The first-order valence-electron chi connectivity index (χ1n) is 5.15. The predicted molar refractivity (Wildman–Crippen MR) is 64.0 cm³/mol. The number of β-amino-alcohol motifs (C(OH)–C–C–N with tert-alkyl or cyclic N) is 2. The van der Waals surface area contributed by atoms with Gasteiger partial charge in [-0.05, 0) is 34.1 Å². The van der Waals surface area contributed by atoms with E-state index >= 15 is 0 Å². The second kappa shape index (κ2) is 5.03. The molecule has 2 rings (SSSR count). The van der Waals surface area contributed by atoms with Crippen LogP contribution in [0, 0.1) is 0 Å². The molecule has 1 aliphatic rings. The average molecular weight is 302 g/mol. The summed E-state index contributed by atoms with van der Waals surface area (Å²) in [6, 6.07) is 3.45. The van der Waals surface area contributed by atoms with Gasteiger partial charge in [0.25, 0.3) is 0 Å². The van der Waals surface area contributed by atoms with E-state index in [0.29, 0.717) is 10.4 Å². The number of aliphatic hydroxyl groups excluding tert-OH is 2. The zero-order valence-corrected chi connectivity index (χ0v) is 10.5. The van der Waals surface area contributed by atoms with Crippen LogP contribution < -0.4 is 0 Å². The van der Waals surface area contributed by atoms with Crippen molar-refractivity contribution >= 4 is 27.9 Å². The van der Waals surface area contributed by atoms with Crippen LogP contribution in [-0.4, -0.2) is 46.3 Å². The Morgan fingerprint density at radius 2 is 2.06 bits per heavy atom. The molecule has 6 heteroatoms. The van der Waals surface area contributed by atoms with Crippen molar-refractivity contribution in [1.82, 2.24) is 4.90 Å². The standard InChI is InChI=1S/C11H12BrNO4/c12-10-3-1-7(17-10)2-4-11(16)13-5-8(14)9(15)6-13/h1-4,8-9,14-15H,5-6H2/t8-,9+. The number of hydrogen-bond acceptors (Lipinski definition) is 4. The lowest BCUT2D eigenvalue weighted by molar-refractivity contribution is -0.125. The van der Waals surface area contributed by atoms with Crippen LogP contribution in [0.15, 0.2) is 27.3 Å². The Balaban J connectivity index is 1.96. The number of likely N-dealkylation sites (tertiary alicyclic amines) is 1. The fraction of sp³-hybridized carbons (Fsp3) is 0.364. The summed E-state index contributed by atoms with van der Waals surface area (Å²) >= 11 is 3.16. The van der Waals surface area contributed by atoms with Crippen molar-refractivity contribution in [3.63, 3.8) is 0 Å². The number of amides is 1. The Morgan fingerprint density at radius 3 is 2.59 bits per heavy atom. The third kappa shape index (κ3) is 2.96. The van der Waals surface area contributed by atoms with Gasteiger partial charge in [-0.1, -0.05) is 0 Å². The van der Waals surface area contributed by atoms with Crippen molar-refractivity contribution < 1.29 is 19.4 Å². The minimum Gasteiger partial charge on any atom is -0.450 e. The van der Waals surface area contributed by atoms with Crippen LogP contribution >= 0.6 is 15.9 Å². The Labute approximate surface area is 106 Å². The van der Waals surface area contributed by atoms with E-state index < -0.39 is 12.2 Å². The third-order valence-electron chi connectivity index (χ3n) is 2.55. The van der Waals surface area contributed by atoms with Gasteiger partial charge in [0, 0.05) is 19.2 Å². The average Bonchev–Trinajstić information content (AvgIpc) is 2.83. The van der Waals surface area contributed by atoms with E-state index in [1.54, 1.807) is 18.2 Å². The lowest BCUT2D eigenvalue weighted by Crippen LogP contribution is -2.27. The number of carbonyl (C=O) groups is 1. The normalized spacial score (nSPS) is 24.8. The monoisotopic (exact) mass is 301 g/mol. The number of aliphatic hydroxyl groups is 2. The third-order valence-corrected chi connectivity index (χ3v) is 2.98. The molecular weight excluding hydrogens is 290 g/mol. The molecule has 1 amide bonds. The zero-order chi connectivity index (χ0) is 12.4. The Bertz CT molecular complexity index is 432. The zero-order valence-electron chi connectivity index (χ0n) is 8.91. The van der Waals surface area contributed by atoms with Gasteiger partial charge in [-0.25, -0.2) is 0 Å². The molecule has 1 aliphatic heterocycles. The second-order valence-electron chi connectivity index (χ2n) is 3.85. The first-order valence-corrected chi connectivity index (χ1v) is 5.94. The molecule has 1 fully saturated rings. The smallest absolute Gasteiger partial charge is 0.246 e. The van der Waals surface area contributed by atoms with Gasteiger partial charge in [-0.3, -0.25) is 4.79 Å². The topological polar surface area (TPSA) is 73.9 Å². The predicted octanol–water partition coefficient (Wildman–Crippen LogP) is 0.619. The molecule has 5 nitrogen and oxygen atoms in total. The molecule has 2 atom stereocenters. The Morgan fingerprint density at radius 1 is 1.41 bits per heavy atom. The number of nitrogens with zero attached hydrogens (tertiary/aromatic N) is 1. The summed E-state index contributed by atoms with van der Waals surface area (Å²) < 4.78 is 5.79. The van der Waals surface area contributed by atoms with Crippen LogP contribution in [0.25, 0.3) is 6.08 Å². The van der Waals surface area contributed by atoms with Crippen molar-refractivity contribution in [2.45, 2.75) is 12.2 Å². The highest BCUT2D eigenvalue weighted by Gasteiger charge is 2.31. The molecule has 0 spiro atoms. The van der Waals surface area contributed by atoms with Crippen molar-refractivity contribution in [1.29, 1.82) is 0 Å². The largest absolute Gasteiger partial charge is 0.450 e. The maximum atomic E-state index is 11.7. The highest BCUT2D eigenvalue weighted by molar-refractivity contribution is 9.10. The lowest BCUT2D eigenvalue weighted by atomic mass is 10.3.